The minimum Gasteiger partial charge on any atom is -0.462 e. The molecule has 6 heteroatoms. The molecule has 5 nitrogen and oxygen atoms in total. The van der Waals surface area contributed by atoms with Crippen LogP contribution in [0.1, 0.15) is 23.7 Å². The first kappa shape index (κ1) is 14.0. The van der Waals surface area contributed by atoms with E-state index < -0.39 is 12.0 Å². The molecule has 0 aromatic heterocycles. The van der Waals surface area contributed by atoms with Crippen molar-refractivity contribution in [1.29, 1.82) is 0 Å². The molecule has 0 bridgehead atoms. The second-order valence-corrected chi connectivity index (χ2v) is 5.22. The van der Waals surface area contributed by atoms with E-state index in [9.17, 15) is 9.59 Å². The number of esters is 1. The average Bonchev–Trinajstić information content (AvgIpc) is 2.69. The first-order valence-electron chi connectivity index (χ1n) is 6.07. The summed E-state index contributed by atoms with van der Waals surface area (Å²) in [7, 11) is 0. The highest BCUT2D eigenvalue weighted by Gasteiger charge is 2.30. The number of carbonyl (C=O) groups excluding carboxylic acids is 2. The molecule has 1 aliphatic heterocycles. The van der Waals surface area contributed by atoms with Crippen LogP contribution in [0, 0.1) is 0 Å². The molecule has 1 fully saturated rings. The Morgan fingerprint density at radius 1 is 1.53 bits per heavy atom. The van der Waals surface area contributed by atoms with Crippen LogP contribution in [0.4, 0.5) is 5.69 Å². The largest absolute Gasteiger partial charge is 0.462 e. The molecule has 1 aromatic carbocycles. The number of hydrogen-bond acceptors (Lipinski definition) is 4. The molecule has 1 heterocycles. The Kier molecular flexibility index (Phi) is 4.21. The second-order valence-electron chi connectivity index (χ2n) is 4.30. The molecule has 1 aliphatic rings. The number of anilines is 1. The maximum Gasteiger partial charge on any atom is 0.338 e. The quantitative estimate of drug-likeness (QED) is 0.858. The van der Waals surface area contributed by atoms with Crippen molar-refractivity contribution in [1.82, 2.24) is 0 Å². The molecule has 2 rings (SSSR count). The topological polar surface area (TPSA) is 72.6 Å². The monoisotopic (exact) mass is 326 g/mol. The summed E-state index contributed by atoms with van der Waals surface area (Å²) in [5.74, 6) is -0.520. The van der Waals surface area contributed by atoms with Crippen LogP contribution in [-0.2, 0) is 9.53 Å². The van der Waals surface area contributed by atoms with Crippen LogP contribution in [0.15, 0.2) is 22.7 Å². The van der Waals surface area contributed by atoms with Crippen molar-refractivity contribution in [2.24, 2.45) is 5.73 Å². The molecule has 19 heavy (non-hydrogen) atoms. The van der Waals surface area contributed by atoms with E-state index >= 15 is 0 Å². The predicted molar refractivity (Wildman–Crippen MR) is 75.0 cm³/mol. The molecule has 1 saturated heterocycles. The number of benzene rings is 1. The Labute approximate surface area is 119 Å². The molecule has 1 unspecified atom stereocenters. The van der Waals surface area contributed by atoms with E-state index in [2.05, 4.69) is 15.9 Å². The van der Waals surface area contributed by atoms with Gasteiger partial charge in [-0.15, -0.1) is 0 Å². The van der Waals surface area contributed by atoms with Crippen molar-refractivity contribution < 1.29 is 14.3 Å². The Hall–Kier alpha value is -1.40. The SMILES string of the molecule is CCOC(=O)c1cc(Br)cc(N2CCC(N)C2=O)c1. The zero-order valence-electron chi connectivity index (χ0n) is 10.6. The van der Waals surface area contributed by atoms with Crippen LogP contribution in [0.25, 0.3) is 0 Å². The molecular weight excluding hydrogens is 312 g/mol. The van der Waals surface area contributed by atoms with E-state index in [-0.39, 0.29) is 5.91 Å². The molecule has 0 saturated carbocycles. The molecular formula is C13H15BrN2O3. The maximum absolute atomic E-state index is 11.9. The van der Waals surface area contributed by atoms with E-state index in [1.165, 1.54) is 0 Å². The van der Waals surface area contributed by atoms with Gasteiger partial charge in [-0.25, -0.2) is 4.79 Å². The number of hydrogen-bond donors (Lipinski definition) is 1. The summed E-state index contributed by atoms with van der Waals surface area (Å²) >= 11 is 3.34. The Bertz CT molecular complexity index is 519. The van der Waals surface area contributed by atoms with Gasteiger partial charge in [-0.1, -0.05) is 15.9 Å². The normalized spacial score (nSPS) is 18.8. The van der Waals surface area contributed by atoms with Gasteiger partial charge in [-0.3, -0.25) is 4.79 Å². The second kappa shape index (κ2) is 5.71. The van der Waals surface area contributed by atoms with Gasteiger partial charge in [0.05, 0.1) is 18.2 Å². The molecule has 0 aliphatic carbocycles. The number of nitrogens with zero attached hydrogens (tertiary/aromatic N) is 1. The highest BCUT2D eigenvalue weighted by molar-refractivity contribution is 9.10. The van der Waals surface area contributed by atoms with Crippen molar-refractivity contribution in [3.63, 3.8) is 0 Å². The summed E-state index contributed by atoms with van der Waals surface area (Å²) in [6.07, 6.45) is 0.625. The molecule has 1 amide bonds. The third-order valence-electron chi connectivity index (χ3n) is 2.95. The van der Waals surface area contributed by atoms with Crippen LogP contribution in [-0.4, -0.2) is 31.1 Å². The fraction of sp³-hybridized carbons (Fsp3) is 0.385. The highest BCUT2D eigenvalue weighted by atomic mass is 79.9. The van der Waals surface area contributed by atoms with Crippen LogP contribution < -0.4 is 10.6 Å². The van der Waals surface area contributed by atoms with Crippen molar-refractivity contribution in [2.75, 3.05) is 18.1 Å². The van der Waals surface area contributed by atoms with E-state index in [4.69, 9.17) is 10.5 Å². The number of nitrogens with two attached hydrogens (primary N) is 1. The Morgan fingerprint density at radius 3 is 2.84 bits per heavy atom. The standard InChI is InChI=1S/C13H15BrN2O3/c1-2-19-13(18)8-5-9(14)7-10(6-8)16-4-3-11(15)12(16)17/h5-7,11H,2-4,15H2,1H3. The molecule has 102 valence electrons. The van der Waals surface area contributed by atoms with Crippen molar-refractivity contribution in [3.8, 4) is 0 Å². The van der Waals surface area contributed by atoms with Gasteiger partial charge in [0.2, 0.25) is 5.91 Å². The Morgan fingerprint density at radius 2 is 2.26 bits per heavy atom. The van der Waals surface area contributed by atoms with Crippen LogP contribution >= 0.6 is 15.9 Å². The fourth-order valence-corrected chi connectivity index (χ4v) is 2.50. The minimum atomic E-state index is -0.454. The van der Waals surface area contributed by atoms with Gasteiger partial charge in [0, 0.05) is 16.7 Å². The number of ether oxygens (including phenoxy) is 1. The lowest BCUT2D eigenvalue weighted by molar-refractivity contribution is -0.118. The van der Waals surface area contributed by atoms with E-state index in [0.717, 1.165) is 4.47 Å². The lowest BCUT2D eigenvalue weighted by Gasteiger charge is -2.17. The first-order valence-corrected chi connectivity index (χ1v) is 6.87. The van der Waals surface area contributed by atoms with E-state index in [1.807, 2.05) is 0 Å². The fourth-order valence-electron chi connectivity index (χ4n) is 2.02. The molecule has 0 radical (unpaired) electrons. The average molecular weight is 327 g/mol. The van der Waals surface area contributed by atoms with Crippen molar-refractivity contribution in [2.45, 2.75) is 19.4 Å². The van der Waals surface area contributed by atoms with Gasteiger partial charge in [-0.2, -0.15) is 0 Å². The zero-order chi connectivity index (χ0) is 14.0. The number of halogens is 1. The summed E-state index contributed by atoms with van der Waals surface area (Å²) in [6.45, 7) is 2.63. The number of amides is 1. The van der Waals surface area contributed by atoms with Crippen LogP contribution in [0.5, 0.6) is 0 Å². The summed E-state index contributed by atoms with van der Waals surface area (Å²) < 4.78 is 5.68. The number of carbonyl (C=O) groups is 2. The van der Waals surface area contributed by atoms with Gasteiger partial charge < -0.3 is 15.4 Å². The smallest absolute Gasteiger partial charge is 0.338 e. The molecule has 1 atom stereocenters. The van der Waals surface area contributed by atoms with Gasteiger partial charge >= 0.3 is 5.97 Å². The predicted octanol–water partition coefficient (Wildman–Crippen LogP) is 1.69. The molecule has 0 spiro atoms. The van der Waals surface area contributed by atoms with Gasteiger partial charge in [0.25, 0.3) is 0 Å². The highest BCUT2D eigenvalue weighted by Crippen LogP contribution is 2.26. The lowest BCUT2D eigenvalue weighted by atomic mass is 10.2. The minimum absolute atomic E-state index is 0.118. The van der Waals surface area contributed by atoms with E-state index in [0.29, 0.717) is 30.8 Å². The molecule has 1 aromatic rings. The first-order chi connectivity index (χ1) is 9.02. The lowest BCUT2D eigenvalue weighted by Crippen LogP contribution is -2.34. The van der Waals surface area contributed by atoms with E-state index in [1.54, 1.807) is 30.0 Å². The van der Waals surface area contributed by atoms with Gasteiger partial charge in [-0.05, 0) is 31.5 Å². The summed E-state index contributed by atoms with van der Waals surface area (Å²) in [5, 5.41) is 0. The maximum atomic E-state index is 11.9. The summed E-state index contributed by atoms with van der Waals surface area (Å²) in [5.41, 5.74) is 6.77. The third-order valence-corrected chi connectivity index (χ3v) is 3.41. The van der Waals surface area contributed by atoms with Crippen molar-refractivity contribution >= 4 is 33.5 Å². The zero-order valence-corrected chi connectivity index (χ0v) is 12.1. The van der Waals surface area contributed by atoms with Crippen molar-refractivity contribution in [3.05, 3.63) is 28.2 Å². The Balaban J connectivity index is 2.32. The van der Waals surface area contributed by atoms with Gasteiger partial charge in [0.1, 0.15) is 0 Å². The number of rotatable bonds is 3. The summed E-state index contributed by atoms with van der Waals surface area (Å²) in [4.78, 5) is 25.2. The molecule has 2 N–H and O–H groups in total. The van der Waals surface area contributed by atoms with Crippen LogP contribution in [0.2, 0.25) is 0 Å². The van der Waals surface area contributed by atoms with Gasteiger partial charge in [0.15, 0.2) is 0 Å². The van der Waals surface area contributed by atoms with Crippen LogP contribution in [0.3, 0.4) is 0 Å². The third kappa shape index (κ3) is 2.96. The summed E-state index contributed by atoms with van der Waals surface area (Å²) in [6, 6.07) is 4.66.